The fraction of sp³-hybridized carbons (Fsp3) is 0.400. The molecule has 2 unspecified atom stereocenters. The number of nitrogens with one attached hydrogen (secondary N) is 1. The van der Waals surface area contributed by atoms with Crippen LogP contribution in [0.5, 0.6) is 0 Å². The van der Waals surface area contributed by atoms with Gasteiger partial charge in [-0.3, -0.25) is 4.98 Å². The number of hydroxylamine groups is 2. The Balaban J connectivity index is 1.81. The quantitative estimate of drug-likeness (QED) is 0.814. The van der Waals surface area contributed by atoms with Gasteiger partial charge in [0.15, 0.2) is 0 Å². The number of para-hydroxylation sites is 1. The minimum absolute atomic E-state index is 0.224. The maximum atomic E-state index is 11.8. The molecule has 3 heteroatoms. The third kappa shape index (κ3) is 2.37. The highest BCUT2D eigenvalue weighted by atomic mass is 16.5. The lowest BCUT2D eigenvalue weighted by Crippen LogP contribution is -3.12. The molecule has 0 saturated carbocycles. The van der Waals surface area contributed by atoms with E-state index < -0.39 is 0 Å². The van der Waals surface area contributed by atoms with Gasteiger partial charge in [0.1, 0.15) is 0 Å². The first-order chi connectivity index (χ1) is 8.83. The Hall–Kier alpha value is -1.45. The molecule has 1 aliphatic heterocycles. The predicted octanol–water partition coefficient (Wildman–Crippen LogP) is 1.71. The van der Waals surface area contributed by atoms with E-state index in [1.165, 1.54) is 17.4 Å². The van der Waals surface area contributed by atoms with Crippen molar-refractivity contribution in [3.05, 3.63) is 47.3 Å². The number of fused-ring (bicyclic) bond motifs is 1. The van der Waals surface area contributed by atoms with Crippen LogP contribution in [-0.4, -0.2) is 17.6 Å². The summed E-state index contributed by atoms with van der Waals surface area (Å²) in [6.07, 6.45) is 6.09. The molecule has 0 aliphatic carbocycles. The number of pyridine rings is 1. The predicted molar refractivity (Wildman–Crippen MR) is 72.3 cm³/mol. The van der Waals surface area contributed by atoms with Crippen molar-refractivity contribution in [2.75, 3.05) is 6.54 Å². The van der Waals surface area contributed by atoms with Crippen LogP contribution in [0.2, 0.25) is 0 Å². The first kappa shape index (κ1) is 11.6. The normalized spacial score (nSPS) is 24.3. The lowest BCUT2D eigenvalue weighted by molar-refractivity contribution is -0.881. The van der Waals surface area contributed by atoms with Crippen LogP contribution in [0.1, 0.15) is 24.8 Å². The Morgan fingerprint density at radius 3 is 3.06 bits per heavy atom. The van der Waals surface area contributed by atoms with Crippen LogP contribution in [0, 0.1) is 5.21 Å². The Morgan fingerprint density at radius 1 is 1.28 bits per heavy atom. The molecule has 1 saturated heterocycles. The van der Waals surface area contributed by atoms with Crippen molar-refractivity contribution in [2.24, 2.45) is 0 Å². The zero-order chi connectivity index (χ0) is 12.4. The number of hydrogen-bond acceptors (Lipinski definition) is 2. The molecule has 0 amide bonds. The molecule has 2 heterocycles. The monoisotopic (exact) mass is 242 g/mol. The average Bonchev–Trinajstić information content (AvgIpc) is 2.41. The lowest BCUT2D eigenvalue weighted by atomic mass is 9.97. The van der Waals surface area contributed by atoms with Crippen LogP contribution >= 0.6 is 0 Å². The zero-order valence-corrected chi connectivity index (χ0v) is 10.4. The van der Waals surface area contributed by atoms with E-state index in [4.69, 9.17) is 0 Å². The molecule has 0 spiro atoms. The van der Waals surface area contributed by atoms with E-state index in [1.807, 2.05) is 24.4 Å². The van der Waals surface area contributed by atoms with Gasteiger partial charge in [-0.25, -0.2) is 0 Å². The van der Waals surface area contributed by atoms with Crippen molar-refractivity contribution < 1.29 is 5.06 Å². The summed E-state index contributed by atoms with van der Waals surface area (Å²) in [7, 11) is 0. The summed E-state index contributed by atoms with van der Waals surface area (Å²) >= 11 is 0. The summed E-state index contributed by atoms with van der Waals surface area (Å²) in [5, 5.41) is 13.4. The molecule has 0 radical (unpaired) electrons. The van der Waals surface area contributed by atoms with Crippen molar-refractivity contribution in [3.63, 3.8) is 0 Å². The molecule has 1 aromatic carbocycles. The highest BCUT2D eigenvalue weighted by Crippen LogP contribution is 2.15. The van der Waals surface area contributed by atoms with Crippen molar-refractivity contribution in [3.8, 4) is 0 Å². The van der Waals surface area contributed by atoms with Crippen LogP contribution in [0.25, 0.3) is 10.9 Å². The third-order valence-corrected chi connectivity index (χ3v) is 3.81. The topological polar surface area (TPSA) is 40.4 Å². The number of quaternary nitrogens is 1. The molecule has 3 nitrogen and oxygen atoms in total. The van der Waals surface area contributed by atoms with Gasteiger partial charge in [0.25, 0.3) is 0 Å². The molecule has 2 atom stereocenters. The van der Waals surface area contributed by atoms with Crippen molar-refractivity contribution in [2.45, 2.75) is 31.7 Å². The Labute approximate surface area is 107 Å². The summed E-state index contributed by atoms with van der Waals surface area (Å²) in [5.41, 5.74) is 2.21. The first-order valence-electron chi connectivity index (χ1n) is 6.69. The number of hydrogen-bond donors (Lipinski definition) is 1. The summed E-state index contributed by atoms with van der Waals surface area (Å²) < 4.78 is 0. The van der Waals surface area contributed by atoms with Gasteiger partial charge in [-0.15, -0.1) is 0 Å². The van der Waals surface area contributed by atoms with Gasteiger partial charge in [-0.05, 0) is 30.5 Å². The van der Waals surface area contributed by atoms with E-state index in [0.29, 0.717) is 5.06 Å². The van der Waals surface area contributed by atoms with Crippen LogP contribution < -0.4 is 5.06 Å². The Bertz CT molecular complexity index is 541. The minimum Gasteiger partial charge on any atom is -0.634 e. The highest BCUT2D eigenvalue weighted by molar-refractivity contribution is 5.78. The molecule has 2 aromatic rings. The van der Waals surface area contributed by atoms with Crippen LogP contribution in [-0.2, 0) is 6.42 Å². The molecule has 18 heavy (non-hydrogen) atoms. The summed E-state index contributed by atoms with van der Waals surface area (Å²) in [5.74, 6) is 0. The SMILES string of the molecule is [O-][NH+]1CCCCC1Cc1cnc2ccccc2c1. The third-order valence-electron chi connectivity index (χ3n) is 3.81. The highest BCUT2D eigenvalue weighted by Gasteiger charge is 2.20. The smallest absolute Gasteiger partial charge is 0.0913 e. The Morgan fingerprint density at radius 2 is 2.17 bits per heavy atom. The zero-order valence-electron chi connectivity index (χ0n) is 10.4. The molecule has 0 bridgehead atoms. The first-order valence-corrected chi connectivity index (χ1v) is 6.69. The van der Waals surface area contributed by atoms with Gasteiger partial charge in [0, 0.05) is 24.4 Å². The molecule has 3 rings (SSSR count). The fourth-order valence-corrected chi connectivity index (χ4v) is 2.78. The minimum atomic E-state index is 0.224. The summed E-state index contributed by atoms with van der Waals surface area (Å²) in [4.78, 5) is 4.46. The second-order valence-electron chi connectivity index (χ2n) is 5.15. The van der Waals surface area contributed by atoms with E-state index in [-0.39, 0.29) is 6.04 Å². The maximum absolute atomic E-state index is 11.8. The maximum Gasteiger partial charge on any atom is 0.0913 e. The van der Waals surface area contributed by atoms with Gasteiger partial charge >= 0.3 is 0 Å². The van der Waals surface area contributed by atoms with E-state index in [0.717, 1.165) is 31.3 Å². The number of rotatable bonds is 2. The van der Waals surface area contributed by atoms with E-state index >= 15 is 0 Å². The molecular formula is C15H18N2O. The molecule has 1 fully saturated rings. The molecule has 1 aliphatic rings. The largest absolute Gasteiger partial charge is 0.634 e. The van der Waals surface area contributed by atoms with Crippen molar-refractivity contribution in [1.82, 2.24) is 4.98 Å². The van der Waals surface area contributed by atoms with Crippen molar-refractivity contribution in [1.29, 1.82) is 0 Å². The molecule has 1 aromatic heterocycles. The van der Waals surface area contributed by atoms with E-state index in [1.54, 1.807) is 0 Å². The van der Waals surface area contributed by atoms with Gasteiger partial charge in [0.05, 0.1) is 18.1 Å². The van der Waals surface area contributed by atoms with E-state index in [9.17, 15) is 5.21 Å². The number of aromatic nitrogens is 1. The second kappa shape index (κ2) is 5.04. The second-order valence-corrected chi connectivity index (χ2v) is 5.15. The Kier molecular flexibility index (Phi) is 3.26. The number of nitrogens with zero attached hydrogens (tertiary/aromatic N) is 1. The molecular weight excluding hydrogens is 224 g/mol. The lowest BCUT2D eigenvalue weighted by Gasteiger charge is -2.35. The van der Waals surface area contributed by atoms with Gasteiger partial charge in [-0.1, -0.05) is 18.2 Å². The molecule has 94 valence electrons. The van der Waals surface area contributed by atoms with Gasteiger partial charge in [0.2, 0.25) is 0 Å². The fourth-order valence-electron chi connectivity index (χ4n) is 2.78. The van der Waals surface area contributed by atoms with Crippen LogP contribution in [0.15, 0.2) is 36.5 Å². The average molecular weight is 242 g/mol. The standard InChI is InChI=1S/C15H18N2O/c18-17-8-4-3-6-14(17)10-12-9-13-5-1-2-7-15(13)16-11-12/h1-2,5,7,9,11,14,17H,3-4,6,8,10H2. The van der Waals surface area contributed by atoms with E-state index in [2.05, 4.69) is 17.1 Å². The summed E-state index contributed by atoms with van der Waals surface area (Å²) in [6, 6.07) is 10.5. The number of benzene rings is 1. The van der Waals surface area contributed by atoms with Gasteiger partial charge < -0.3 is 10.3 Å². The number of piperidine rings is 1. The summed E-state index contributed by atoms with van der Waals surface area (Å²) in [6.45, 7) is 0.770. The molecule has 1 N–H and O–H groups in total. The van der Waals surface area contributed by atoms with Crippen LogP contribution in [0.4, 0.5) is 0 Å². The van der Waals surface area contributed by atoms with Crippen molar-refractivity contribution >= 4 is 10.9 Å². The van der Waals surface area contributed by atoms with Gasteiger partial charge in [-0.2, -0.15) is 0 Å². The van der Waals surface area contributed by atoms with Crippen LogP contribution in [0.3, 0.4) is 0 Å².